The third-order valence-electron chi connectivity index (χ3n) is 2.91. The summed E-state index contributed by atoms with van der Waals surface area (Å²) in [6.07, 6.45) is 2.55. The van der Waals surface area contributed by atoms with Gasteiger partial charge < -0.3 is 9.47 Å². The molecule has 0 bridgehead atoms. The van der Waals surface area contributed by atoms with Crippen LogP contribution in [0.2, 0.25) is 0 Å². The fourth-order valence-corrected chi connectivity index (χ4v) is 1.86. The highest BCUT2D eigenvalue weighted by Gasteiger charge is 2.15. The van der Waals surface area contributed by atoms with Gasteiger partial charge in [-0.2, -0.15) is 0 Å². The number of hydrogen-bond donors (Lipinski definition) is 0. The molecule has 1 aromatic carbocycles. The van der Waals surface area contributed by atoms with Gasteiger partial charge in [0.1, 0.15) is 11.6 Å². The third-order valence-corrected chi connectivity index (χ3v) is 2.91. The van der Waals surface area contributed by atoms with Crippen LogP contribution in [0.3, 0.4) is 0 Å². The quantitative estimate of drug-likeness (QED) is 0.756. The van der Waals surface area contributed by atoms with E-state index in [1.807, 2.05) is 0 Å². The first kappa shape index (κ1) is 12.0. The molecular weight excluding hydrogens is 223 g/mol. The Balaban J connectivity index is 1.95. The maximum absolute atomic E-state index is 12.9. The Labute approximate surface area is 99.5 Å². The van der Waals surface area contributed by atoms with Gasteiger partial charge in [0.15, 0.2) is 6.29 Å². The highest BCUT2D eigenvalue weighted by atomic mass is 19.1. The van der Waals surface area contributed by atoms with E-state index < -0.39 is 5.82 Å². The van der Waals surface area contributed by atoms with Crippen molar-refractivity contribution < 1.29 is 18.7 Å². The van der Waals surface area contributed by atoms with Gasteiger partial charge in [0.25, 0.3) is 0 Å². The molecule has 0 aliphatic carbocycles. The third kappa shape index (κ3) is 3.27. The van der Waals surface area contributed by atoms with Gasteiger partial charge in [-0.05, 0) is 37.0 Å². The minimum absolute atomic E-state index is 0.261. The number of benzene rings is 1. The molecule has 0 N–H and O–H groups in total. The van der Waals surface area contributed by atoms with Crippen LogP contribution in [-0.2, 0) is 4.74 Å². The molecule has 4 heteroatoms. The van der Waals surface area contributed by atoms with Crippen molar-refractivity contribution in [1.29, 1.82) is 0 Å². The minimum Gasteiger partial charge on any atom is -0.493 e. The van der Waals surface area contributed by atoms with Crippen molar-refractivity contribution in [1.82, 2.24) is 0 Å². The second-order valence-electron chi connectivity index (χ2n) is 4.17. The van der Waals surface area contributed by atoms with Gasteiger partial charge in [0.05, 0.1) is 12.2 Å². The number of carbonyl (C=O) groups excluding carboxylic acids is 1. The molecule has 0 amide bonds. The van der Waals surface area contributed by atoms with Crippen molar-refractivity contribution >= 4 is 6.29 Å². The van der Waals surface area contributed by atoms with E-state index in [9.17, 15) is 9.18 Å². The predicted octanol–water partition coefficient (Wildman–Crippen LogP) is 2.44. The van der Waals surface area contributed by atoms with E-state index in [0.717, 1.165) is 26.1 Å². The topological polar surface area (TPSA) is 35.5 Å². The largest absolute Gasteiger partial charge is 0.493 e. The summed E-state index contributed by atoms with van der Waals surface area (Å²) in [5, 5.41) is 0. The van der Waals surface area contributed by atoms with Crippen molar-refractivity contribution in [3.8, 4) is 5.75 Å². The van der Waals surface area contributed by atoms with Crippen LogP contribution in [0, 0.1) is 11.7 Å². The number of ether oxygens (including phenoxy) is 2. The van der Waals surface area contributed by atoms with E-state index in [2.05, 4.69) is 0 Å². The molecule has 0 aromatic heterocycles. The molecule has 0 atom stereocenters. The molecule has 2 rings (SSSR count). The summed E-state index contributed by atoms with van der Waals surface area (Å²) in [6.45, 7) is 2.08. The summed E-state index contributed by atoms with van der Waals surface area (Å²) in [6, 6.07) is 3.98. The summed E-state index contributed by atoms with van der Waals surface area (Å²) in [5.74, 6) is 0.478. The number of aldehydes is 1. The summed E-state index contributed by atoms with van der Waals surface area (Å²) in [4.78, 5) is 10.8. The zero-order valence-electron chi connectivity index (χ0n) is 9.52. The van der Waals surface area contributed by atoms with Crippen LogP contribution in [0.25, 0.3) is 0 Å². The molecule has 1 aliphatic heterocycles. The Morgan fingerprint density at radius 2 is 2.18 bits per heavy atom. The Bertz CT molecular complexity index is 386. The average Bonchev–Trinajstić information content (AvgIpc) is 2.38. The van der Waals surface area contributed by atoms with Crippen LogP contribution in [0.4, 0.5) is 4.39 Å². The molecule has 0 radical (unpaired) electrons. The Morgan fingerprint density at radius 3 is 2.88 bits per heavy atom. The normalized spacial score (nSPS) is 16.8. The lowest BCUT2D eigenvalue weighted by atomic mass is 10.0. The smallest absolute Gasteiger partial charge is 0.153 e. The summed E-state index contributed by atoms with van der Waals surface area (Å²) in [5.41, 5.74) is 0.261. The van der Waals surface area contributed by atoms with Gasteiger partial charge in [-0.25, -0.2) is 4.39 Å². The number of halogens is 1. The molecule has 17 heavy (non-hydrogen) atoms. The van der Waals surface area contributed by atoms with Crippen LogP contribution >= 0.6 is 0 Å². The molecule has 1 aromatic rings. The molecule has 0 saturated carbocycles. The highest BCUT2D eigenvalue weighted by molar-refractivity contribution is 5.79. The number of hydrogen-bond acceptors (Lipinski definition) is 3. The zero-order chi connectivity index (χ0) is 12.1. The van der Waals surface area contributed by atoms with Crippen LogP contribution in [0.1, 0.15) is 23.2 Å². The van der Waals surface area contributed by atoms with Crippen molar-refractivity contribution in [3.63, 3.8) is 0 Å². The second kappa shape index (κ2) is 5.77. The van der Waals surface area contributed by atoms with Crippen LogP contribution in [-0.4, -0.2) is 26.1 Å². The molecule has 92 valence electrons. The summed E-state index contributed by atoms with van der Waals surface area (Å²) < 4.78 is 23.7. The SMILES string of the molecule is O=Cc1cc(F)ccc1OCC1CCOCC1. The van der Waals surface area contributed by atoms with E-state index in [1.54, 1.807) is 0 Å². The first-order chi connectivity index (χ1) is 8.29. The van der Waals surface area contributed by atoms with Crippen LogP contribution in [0.15, 0.2) is 18.2 Å². The molecule has 1 heterocycles. The fraction of sp³-hybridized carbons (Fsp3) is 0.462. The van der Waals surface area contributed by atoms with Crippen molar-refractivity contribution in [2.45, 2.75) is 12.8 Å². The van der Waals surface area contributed by atoms with E-state index in [-0.39, 0.29) is 5.56 Å². The van der Waals surface area contributed by atoms with E-state index in [0.29, 0.717) is 24.6 Å². The van der Waals surface area contributed by atoms with Gasteiger partial charge in [-0.3, -0.25) is 4.79 Å². The highest BCUT2D eigenvalue weighted by Crippen LogP contribution is 2.21. The van der Waals surface area contributed by atoms with Gasteiger partial charge >= 0.3 is 0 Å². The second-order valence-corrected chi connectivity index (χ2v) is 4.17. The number of carbonyl (C=O) groups is 1. The molecule has 1 saturated heterocycles. The lowest BCUT2D eigenvalue weighted by molar-refractivity contribution is 0.0496. The summed E-state index contributed by atoms with van der Waals surface area (Å²) in [7, 11) is 0. The van der Waals surface area contributed by atoms with Crippen LogP contribution in [0.5, 0.6) is 5.75 Å². The fourth-order valence-electron chi connectivity index (χ4n) is 1.86. The standard InChI is InChI=1S/C13H15FO3/c14-12-1-2-13(11(7-12)8-15)17-9-10-3-5-16-6-4-10/h1-2,7-8,10H,3-6,9H2. The van der Waals surface area contributed by atoms with Gasteiger partial charge in [0.2, 0.25) is 0 Å². The average molecular weight is 238 g/mol. The minimum atomic E-state index is -0.425. The molecule has 0 unspecified atom stereocenters. The van der Waals surface area contributed by atoms with E-state index >= 15 is 0 Å². The van der Waals surface area contributed by atoms with E-state index in [1.165, 1.54) is 18.2 Å². The molecule has 1 aliphatic rings. The molecule has 3 nitrogen and oxygen atoms in total. The zero-order valence-corrected chi connectivity index (χ0v) is 9.52. The first-order valence-electron chi connectivity index (χ1n) is 5.75. The van der Waals surface area contributed by atoms with Crippen molar-refractivity contribution in [3.05, 3.63) is 29.6 Å². The van der Waals surface area contributed by atoms with Crippen molar-refractivity contribution in [2.75, 3.05) is 19.8 Å². The van der Waals surface area contributed by atoms with Gasteiger partial charge in [-0.15, -0.1) is 0 Å². The monoisotopic (exact) mass is 238 g/mol. The molecular formula is C13H15FO3. The van der Waals surface area contributed by atoms with E-state index in [4.69, 9.17) is 9.47 Å². The summed E-state index contributed by atoms with van der Waals surface area (Å²) >= 11 is 0. The Hall–Kier alpha value is -1.42. The Kier molecular flexibility index (Phi) is 4.09. The van der Waals surface area contributed by atoms with Gasteiger partial charge in [0, 0.05) is 13.2 Å². The molecule has 1 fully saturated rings. The molecule has 0 spiro atoms. The lowest BCUT2D eigenvalue weighted by Crippen LogP contribution is -2.21. The first-order valence-corrected chi connectivity index (χ1v) is 5.75. The maximum atomic E-state index is 12.9. The van der Waals surface area contributed by atoms with Crippen molar-refractivity contribution in [2.24, 2.45) is 5.92 Å². The number of rotatable bonds is 4. The maximum Gasteiger partial charge on any atom is 0.153 e. The van der Waals surface area contributed by atoms with Gasteiger partial charge in [-0.1, -0.05) is 0 Å². The van der Waals surface area contributed by atoms with Crippen LogP contribution < -0.4 is 4.74 Å². The Morgan fingerprint density at radius 1 is 1.41 bits per heavy atom. The predicted molar refractivity (Wildman–Crippen MR) is 60.8 cm³/mol. The lowest BCUT2D eigenvalue weighted by Gasteiger charge is -2.22.